The van der Waals surface area contributed by atoms with Gasteiger partial charge in [-0.25, -0.2) is 10.4 Å². The van der Waals surface area contributed by atoms with Crippen LogP contribution >= 0.6 is 27.3 Å². The number of nitrogens with zero attached hydrogens (tertiary/aromatic N) is 2. The molecular weight excluding hydrogens is 328 g/mol. The van der Waals surface area contributed by atoms with E-state index in [1.54, 1.807) is 11.6 Å². The monoisotopic (exact) mass is 338 g/mol. The highest BCUT2D eigenvalue weighted by Crippen LogP contribution is 2.11. The van der Waals surface area contributed by atoms with Crippen molar-refractivity contribution in [3.63, 3.8) is 0 Å². The van der Waals surface area contributed by atoms with Crippen molar-refractivity contribution in [2.45, 2.75) is 6.42 Å². The minimum Gasteiger partial charge on any atom is -0.375 e. The number of carbonyl (C=O) groups excluding carboxylic acids is 1. The highest BCUT2D eigenvalue weighted by molar-refractivity contribution is 9.10. The first kappa shape index (κ1) is 13.7. The average Bonchev–Trinajstić information content (AvgIpc) is 2.75. The molecule has 19 heavy (non-hydrogen) atoms. The summed E-state index contributed by atoms with van der Waals surface area (Å²) < 4.78 is 0.959. The van der Waals surface area contributed by atoms with Crippen molar-refractivity contribution in [1.29, 1.82) is 0 Å². The second kappa shape index (κ2) is 6.44. The molecule has 7 heteroatoms. The molecule has 0 saturated heterocycles. The molecule has 0 saturated carbocycles. The zero-order chi connectivity index (χ0) is 13.7. The number of rotatable bonds is 4. The average molecular weight is 339 g/mol. The van der Waals surface area contributed by atoms with Gasteiger partial charge in [0, 0.05) is 9.85 Å². The smallest absolute Gasteiger partial charge is 0.246 e. The van der Waals surface area contributed by atoms with E-state index in [4.69, 9.17) is 5.73 Å². The van der Waals surface area contributed by atoms with Crippen LogP contribution in [-0.4, -0.2) is 17.1 Å². The van der Waals surface area contributed by atoms with Gasteiger partial charge in [0.25, 0.3) is 0 Å². The number of amides is 1. The summed E-state index contributed by atoms with van der Waals surface area (Å²) in [6.45, 7) is 0. The van der Waals surface area contributed by atoms with E-state index in [0.29, 0.717) is 10.8 Å². The van der Waals surface area contributed by atoms with Crippen LogP contribution in [0.25, 0.3) is 0 Å². The van der Waals surface area contributed by atoms with Crippen molar-refractivity contribution in [3.05, 3.63) is 45.4 Å². The van der Waals surface area contributed by atoms with Gasteiger partial charge in [0.05, 0.1) is 18.3 Å². The van der Waals surface area contributed by atoms with Crippen LogP contribution < -0.4 is 11.2 Å². The maximum atomic E-state index is 11.6. The number of aromatic nitrogens is 1. The van der Waals surface area contributed by atoms with E-state index < -0.39 is 0 Å². The first-order valence-corrected chi connectivity index (χ1v) is 7.08. The first-order chi connectivity index (χ1) is 9.13. The highest BCUT2D eigenvalue weighted by Gasteiger charge is 2.05. The molecule has 1 amide bonds. The van der Waals surface area contributed by atoms with Crippen LogP contribution in [0.15, 0.2) is 39.2 Å². The number of anilines is 1. The fourth-order valence-electron chi connectivity index (χ4n) is 1.37. The summed E-state index contributed by atoms with van der Waals surface area (Å²) in [5.74, 6) is -0.225. The van der Waals surface area contributed by atoms with E-state index in [1.807, 2.05) is 24.3 Å². The van der Waals surface area contributed by atoms with Gasteiger partial charge in [-0.2, -0.15) is 5.10 Å². The molecule has 0 atom stereocenters. The molecule has 98 valence electrons. The van der Waals surface area contributed by atoms with Crippen molar-refractivity contribution >= 4 is 44.5 Å². The lowest BCUT2D eigenvalue weighted by Crippen LogP contribution is -2.19. The van der Waals surface area contributed by atoms with Crippen molar-refractivity contribution < 1.29 is 4.79 Å². The van der Waals surface area contributed by atoms with Gasteiger partial charge < -0.3 is 5.73 Å². The molecule has 3 N–H and O–H groups in total. The molecule has 0 aliphatic heterocycles. The Morgan fingerprint density at radius 2 is 2.42 bits per heavy atom. The van der Waals surface area contributed by atoms with Crippen molar-refractivity contribution in [1.82, 2.24) is 10.4 Å². The van der Waals surface area contributed by atoms with Gasteiger partial charge in [-0.1, -0.05) is 28.1 Å². The van der Waals surface area contributed by atoms with Gasteiger partial charge in [0.15, 0.2) is 5.13 Å². The van der Waals surface area contributed by atoms with Gasteiger partial charge in [0.2, 0.25) is 5.91 Å². The Morgan fingerprint density at radius 3 is 3.11 bits per heavy atom. The standard InChI is InChI=1S/C12H11BrN4OS/c13-9-3-1-2-8(4-9)6-15-17-11(18)5-10-7-19-12(14)16-10/h1-4,6-7H,5H2,(H2,14,16)(H,17,18)/b15-6+. The molecule has 0 unspecified atom stereocenters. The van der Waals surface area contributed by atoms with Crippen molar-refractivity contribution in [2.24, 2.45) is 5.10 Å². The molecule has 0 bridgehead atoms. The van der Waals surface area contributed by atoms with Crippen LogP contribution in [0.3, 0.4) is 0 Å². The number of hydrazone groups is 1. The number of nitrogens with two attached hydrogens (primary N) is 1. The molecule has 0 aliphatic rings. The second-order valence-electron chi connectivity index (χ2n) is 3.70. The summed E-state index contributed by atoms with van der Waals surface area (Å²) in [6, 6.07) is 7.60. The zero-order valence-corrected chi connectivity index (χ0v) is 12.2. The summed E-state index contributed by atoms with van der Waals surface area (Å²) >= 11 is 4.67. The maximum Gasteiger partial charge on any atom is 0.246 e. The van der Waals surface area contributed by atoms with Crippen LogP contribution in [0, 0.1) is 0 Å². The molecule has 1 aromatic heterocycles. The third-order valence-electron chi connectivity index (χ3n) is 2.16. The number of nitrogens with one attached hydrogen (secondary N) is 1. The number of nitrogen functional groups attached to an aromatic ring is 1. The third-order valence-corrected chi connectivity index (χ3v) is 3.38. The van der Waals surface area contributed by atoms with Crippen molar-refractivity contribution in [3.8, 4) is 0 Å². The Bertz CT molecular complexity index is 611. The van der Waals surface area contributed by atoms with E-state index >= 15 is 0 Å². The quantitative estimate of drug-likeness (QED) is 0.662. The molecule has 1 heterocycles. The number of thiazole rings is 1. The topological polar surface area (TPSA) is 80.4 Å². The fourth-order valence-corrected chi connectivity index (χ4v) is 2.35. The van der Waals surface area contributed by atoms with Crippen LogP contribution in [-0.2, 0) is 11.2 Å². The molecule has 0 radical (unpaired) electrons. The Hall–Kier alpha value is -1.73. The van der Waals surface area contributed by atoms with Crippen LogP contribution in [0.1, 0.15) is 11.3 Å². The largest absolute Gasteiger partial charge is 0.375 e. The molecule has 0 spiro atoms. The van der Waals surface area contributed by atoms with E-state index in [2.05, 4.69) is 31.4 Å². The number of benzene rings is 1. The lowest BCUT2D eigenvalue weighted by atomic mass is 10.2. The molecule has 2 rings (SSSR count). The number of carbonyl (C=O) groups is 1. The minimum atomic E-state index is -0.225. The fraction of sp³-hybridized carbons (Fsp3) is 0.0833. The summed E-state index contributed by atoms with van der Waals surface area (Å²) in [5, 5.41) is 6.10. The van der Waals surface area contributed by atoms with Crippen LogP contribution in [0.4, 0.5) is 5.13 Å². The third kappa shape index (κ3) is 4.46. The predicted molar refractivity (Wildman–Crippen MR) is 80.1 cm³/mol. The van der Waals surface area contributed by atoms with Gasteiger partial charge in [-0.05, 0) is 17.7 Å². The molecular formula is C12H11BrN4OS. The van der Waals surface area contributed by atoms with Gasteiger partial charge >= 0.3 is 0 Å². The second-order valence-corrected chi connectivity index (χ2v) is 5.51. The van der Waals surface area contributed by atoms with Crippen molar-refractivity contribution in [2.75, 3.05) is 5.73 Å². The number of halogens is 1. The summed E-state index contributed by atoms with van der Waals surface area (Å²) in [5.41, 5.74) is 9.48. The van der Waals surface area contributed by atoms with Gasteiger partial charge in [0.1, 0.15) is 0 Å². The minimum absolute atomic E-state index is 0.170. The van der Waals surface area contributed by atoms with E-state index in [-0.39, 0.29) is 12.3 Å². The first-order valence-electron chi connectivity index (χ1n) is 5.41. The van der Waals surface area contributed by atoms with E-state index in [9.17, 15) is 4.79 Å². The Labute approximate surface area is 122 Å². The maximum absolute atomic E-state index is 11.6. The Balaban J connectivity index is 1.86. The normalized spacial score (nSPS) is 10.8. The SMILES string of the molecule is Nc1nc(CC(=O)N/N=C/c2cccc(Br)c2)cs1. The van der Waals surface area contributed by atoms with Gasteiger partial charge in [-0.3, -0.25) is 4.79 Å². The lowest BCUT2D eigenvalue weighted by Gasteiger charge is -1.97. The molecule has 0 aliphatic carbocycles. The van der Waals surface area contributed by atoms with E-state index in [0.717, 1.165) is 10.0 Å². The summed E-state index contributed by atoms with van der Waals surface area (Å²) in [6.07, 6.45) is 1.75. The molecule has 5 nitrogen and oxygen atoms in total. The highest BCUT2D eigenvalue weighted by atomic mass is 79.9. The zero-order valence-electron chi connectivity index (χ0n) is 9.84. The molecule has 0 fully saturated rings. The Kier molecular flexibility index (Phi) is 4.64. The molecule has 2 aromatic rings. The molecule has 1 aromatic carbocycles. The lowest BCUT2D eigenvalue weighted by molar-refractivity contribution is -0.120. The summed E-state index contributed by atoms with van der Waals surface area (Å²) in [7, 11) is 0. The summed E-state index contributed by atoms with van der Waals surface area (Å²) in [4.78, 5) is 15.6. The van der Waals surface area contributed by atoms with E-state index in [1.165, 1.54) is 11.3 Å². The Morgan fingerprint density at radius 1 is 1.58 bits per heavy atom. The van der Waals surface area contributed by atoms with Gasteiger partial charge in [-0.15, -0.1) is 11.3 Å². The predicted octanol–water partition coefficient (Wildman–Crippen LogP) is 2.18. The van der Waals surface area contributed by atoms with Crippen LogP contribution in [0.2, 0.25) is 0 Å². The van der Waals surface area contributed by atoms with Crippen LogP contribution in [0.5, 0.6) is 0 Å². The number of hydrogen-bond acceptors (Lipinski definition) is 5. The number of hydrogen-bond donors (Lipinski definition) is 2.